The summed E-state index contributed by atoms with van der Waals surface area (Å²) >= 11 is 0. The number of aromatic nitrogens is 1. The van der Waals surface area contributed by atoms with Crippen molar-refractivity contribution in [3.05, 3.63) is 65.5 Å². The fraction of sp³-hybridized carbons (Fsp3) is 0.286. The number of fused-ring (bicyclic) bond motifs is 1. The topological polar surface area (TPSA) is 75.4 Å². The zero-order chi connectivity index (χ0) is 19.6. The maximum Gasteiger partial charge on any atom is 0.272 e. The zero-order valence-corrected chi connectivity index (χ0v) is 15.9. The second kappa shape index (κ2) is 7.23. The van der Waals surface area contributed by atoms with E-state index in [2.05, 4.69) is 17.3 Å². The van der Waals surface area contributed by atoms with Crippen LogP contribution in [0.3, 0.4) is 0 Å². The third kappa shape index (κ3) is 4.00. The number of carbonyl (C=O) groups excluding carboxylic acids is 2. The van der Waals surface area contributed by atoms with Gasteiger partial charge < -0.3 is 4.42 Å². The third-order valence-corrected chi connectivity index (χ3v) is 4.29. The van der Waals surface area contributed by atoms with E-state index in [-0.39, 0.29) is 11.8 Å². The van der Waals surface area contributed by atoms with Gasteiger partial charge in [0.15, 0.2) is 12.0 Å². The van der Waals surface area contributed by atoms with Crippen molar-refractivity contribution >= 4 is 22.9 Å². The normalized spacial score (nSPS) is 11.4. The second-order valence-electron chi connectivity index (χ2n) is 7.34. The van der Waals surface area contributed by atoms with Crippen LogP contribution in [0.2, 0.25) is 0 Å². The van der Waals surface area contributed by atoms with Crippen LogP contribution in [0.1, 0.15) is 54.0 Å². The Morgan fingerprint density at radius 2 is 1.74 bits per heavy atom. The number of benzene rings is 2. The molecule has 3 rings (SSSR count). The highest BCUT2D eigenvalue weighted by molar-refractivity contribution is 6.00. The number of hydrogen-bond donors (Lipinski definition) is 1. The standard InChI is InChI=1S/C21H23N3O3/c1-5-14-6-8-15(9-7-14)19(25)23-24(21(2,3)4)20(26)16-10-11-17-18(12-16)27-13-22-17/h6-13H,5H2,1-4H3,(H,23,25). The first-order valence-corrected chi connectivity index (χ1v) is 8.87. The third-order valence-electron chi connectivity index (χ3n) is 4.29. The Morgan fingerprint density at radius 1 is 1.07 bits per heavy atom. The van der Waals surface area contributed by atoms with Crippen LogP contribution in [0.25, 0.3) is 11.1 Å². The van der Waals surface area contributed by atoms with Crippen molar-refractivity contribution in [3.8, 4) is 0 Å². The number of aryl methyl sites for hydroxylation is 1. The molecule has 0 saturated heterocycles. The van der Waals surface area contributed by atoms with E-state index in [9.17, 15) is 9.59 Å². The molecule has 0 saturated carbocycles. The average molecular weight is 365 g/mol. The highest BCUT2D eigenvalue weighted by Gasteiger charge is 2.30. The SMILES string of the molecule is CCc1ccc(C(=O)NN(C(=O)c2ccc3ncoc3c2)C(C)(C)C)cc1. The largest absolute Gasteiger partial charge is 0.443 e. The van der Waals surface area contributed by atoms with Gasteiger partial charge in [-0.3, -0.25) is 15.0 Å². The number of hydrogen-bond acceptors (Lipinski definition) is 4. The van der Waals surface area contributed by atoms with Gasteiger partial charge in [0.1, 0.15) is 5.52 Å². The van der Waals surface area contributed by atoms with Gasteiger partial charge in [0.2, 0.25) is 0 Å². The molecule has 1 heterocycles. The number of oxazole rings is 1. The van der Waals surface area contributed by atoms with E-state index in [4.69, 9.17) is 4.42 Å². The van der Waals surface area contributed by atoms with Gasteiger partial charge >= 0.3 is 0 Å². The molecular weight excluding hydrogens is 342 g/mol. The summed E-state index contributed by atoms with van der Waals surface area (Å²) in [4.78, 5) is 29.8. The summed E-state index contributed by atoms with van der Waals surface area (Å²) in [5, 5.41) is 1.35. The van der Waals surface area contributed by atoms with Gasteiger partial charge in [-0.05, 0) is 63.1 Å². The minimum absolute atomic E-state index is 0.320. The van der Waals surface area contributed by atoms with E-state index in [0.29, 0.717) is 22.2 Å². The van der Waals surface area contributed by atoms with E-state index in [1.807, 2.05) is 32.9 Å². The van der Waals surface area contributed by atoms with E-state index >= 15 is 0 Å². The summed E-state index contributed by atoms with van der Waals surface area (Å²) in [6.07, 6.45) is 2.24. The lowest BCUT2D eigenvalue weighted by Gasteiger charge is -2.35. The summed E-state index contributed by atoms with van der Waals surface area (Å²) < 4.78 is 5.28. The van der Waals surface area contributed by atoms with Crippen LogP contribution >= 0.6 is 0 Å². The molecule has 0 spiro atoms. The Bertz CT molecular complexity index is 968. The Morgan fingerprint density at radius 3 is 2.37 bits per heavy atom. The van der Waals surface area contributed by atoms with Gasteiger partial charge in [-0.25, -0.2) is 9.99 Å². The van der Waals surface area contributed by atoms with Crippen molar-refractivity contribution in [1.29, 1.82) is 0 Å². The van der Waals surface area contributed by atoms with E-state index in [0.717, 1.165) is 12.0 Å². The number of carbonyl (C=O) groups is 2. The quantitative estimate of drug-likeness (QED) is 0.713. The van der Waals surface area contributed by atoms with Crippen molar-refractivity contribution in [1.82, 2.24) is 15.4 Å². The van der Waals surface area contributed by atoms with Crippen molar-refractivity contribution in [2.45, 2.75) is 39.7 Å². The molecule has 2 amide bonds. The lowest BCUT2D eigenvalue weighted by Crippen LogP contribution is -2.55. The molecule has 0 aliphatic heterocycles. The molecule has 0 fully saturated rings. The number of hydrazine groups is 1. The molecular formula is C21H23N3O3. The molecule has 0 aliphatic carbocycles. The van der Waals surface area contributed by atoms with Crippen LogP contribution in [0, 0.1) is 0 Å². The number of rotatable bonds is 3. The van der Waals surface area contributed by atoms with Crippen LogP contribution in [-0.2, 0) is 6.42 Å². The summed E-state index contributed by atoms with van der Waals surface area (Å²) in [7, 11) is 0. The molecule has 27 heavy (non-hydrogen) atoms. The van der Waals surface area contributed by atoms with Crippen LogP contribution in [0.4, 0.5) is 0 Å². The lowest BCUT2D eigenvalue weighted by molar-refractivity contribution is 0.0358. The van der Waals surface area contributed by atoms with Gasteiger partial charge in [-0.15, -0.1) is 0 Å². The fourth-order valence-electron chi connectivity index (χ4n) is 2.70. The summed E-state index contributed by atoms with van der Waals surface area (Å²) in [5.41, 5.74) is 5.39. The fourth-order valence-corrected chi connectivity index (χ4v) is 2.70. The molecule has 3 aromatic rings. The van der Waals surface area contributed by atoms with Gasteiger partial charge in [0.25, 0.3) is 11.8 Å². The predicted molar refractivity (Wildman–Crippen MR) is 103 cm³/mol. The minimum Gasteiger partial charge on any atom is -0.443 e. The molecule has 0 atom stereocenters. The van der Waals surface area contributed by atoms with Crippen molar-refractivity contribution in [2.24, 2.45) is 0 Å². The second-order valence-corrected chi connectivity index (χ2v) is 7.34. The van der Waals surface area contributed by atoms with Crippen molar-refractivity contribution in [3.63, 3.8) is 0 Å². The molecule has 0 aliphatic rings. The van der Waals surface area contributed by atoms with Crippen molar-refractivity contribution in [2.75, 3.05) is 0 Å². The van der Waals surface area contributed by atoms with Crippen LogP contribution in [-0.4, -0.2) is 27.3 Å². The number of nitrogens with zero attached hydrogens (tertiary/aromatic N) is 2. The van der Waals surface area contributed by atoms with E-state index < -0.39 is 5.54 Å². The first-order chi connectivity index (χ1) is 12.8. The van der Waals surface area contributed by atoms with Crippen LogP contribution in [0.5, 0.6) is 0 Å². The number of amides is 2. The Balaban J connectivity index is 1.86. The van der Waals surface area contributed by atoms with Gasteiger partial charge in [-0.2, -0.15) is 0 Å². The lowest BCUT2D eigenvalue weighted by atomic mass is 10.1. The van der Waals surface area contributed by atoms with Gasteiger partial charge in [0.05, 0.1) is 5.54 Å². The number of nitrogens with one attached hydrogen (secondary N) is 1. The highest BCUT2D eigenvalue weighted by Crippen LogP contribution is 2.19. The highest BCUT2D eigenvalue weighted by atomic mass is 16.3. The molecule has 0 unspecified atom stereocenters. The molecule has 2 aromatic carbocycles. The zero-order valence-electron chi connectivity index (χ0n) is 15.9. The van der Waals surface area contributed by atoms with Crippen LogP contribution < -0.4 is 5.43 Å². The summed E-state index contributed by atoms with van der Waals surface area (Å²) in [5.74, 6) is -0.652. The van der Waals surface area contributed by atoms with Crippen molar-refractivity contribution < 1.29 is 14.0 Å². The first kappa shape index (κ1) is 18.6. The molecule has 140 valence electrons. The first-order valence-electron chi connectivity index (χ1n) is 8.87. The van der Waals surface area contributed by atoms with E-state index in [1.165, 1.54) is 11.4 Å². The Kier molecular flexibility index (Phi) is 4.99. The summed E-state index contributed by atoms with van der Waals surface area (Å²) in [6, 6.07) is 12.4. The molecule has 1 N–H and O–H groups in total. The van der Waals surface area contributed by atoms with E-state index in [1.54, 1.807) is 30.3 Å². The maximum absolute atomic E-state index is 13.1. The molecule has 1 aromatic heterocycles. The summed E-state index contributed by atoms with van der Waals surface area (Å²) in [6.45, 7) is 7.63. The average Bonchev–Trinajstić information content (AvgIpc) is 3.12. The monoisotopic (exact) mass is 365 g/mol. The smallest absolute Gasteiger partial charge is 0.272 e. The minimum atomic E-state index is -0.619. The van der Waals surface area contributed by atoms with Gasteiger partial charge in [-0.1, -0.05) is 19.1 Å². The molecule has 0 bridgehead atoms. The maximum atomic E-state index is 13.1. The molecule has 0 radical (unpaired) electrons. The Hall–Kier alpha value is -3.15. The predicted octanol–water partition coefficient (Wildman–Crippen LogP) is 3.98. The molecule has 6 heteroatoms. The van der Waals surface area contributed by atoms with Gasteiger partial charge in [0, 0.05) is 11.1 Å². The molecule has 6 nitrogen and oxygen atoms in total. The van der Waals surface area contributed by atoms with Crippen LogP contribution in [0.15, 0.2) is 53.3 Å². The Labute approximate surface area is 158 Å².